The molecule has 0 amide bonds. The zero-order valence-electron chi connectivity index (χ0n) is 13.8. The Kier molecular flexibility index (Phi) is 4.38. The van der Waals surface area contributed by atoms with Gasteiger partial charge in [0.05, 0.1) is 15.5 Å². The second kappa shape index (κ2) is 6.20. The van der Waals surface area contributed by atoms with Gasteiger partial charge in [0.25, 0.3) is 5.69 Å². The smallest absolute Gasteiger partial charge is 0.270 e. The van der Waals surface area contributed by atoms with Crippen molar-refractivity contribution in [2.24, 2.45) is 5.41 Å². The summed E-state index contributed by atoms with van der Waals surface area (Å²) in [6.07, 6.45) is 10.9. The quantitative estimate of drug-likeness (QED) is 0.474. The number of non-ortho nitro benzene ring substituents is 1. The Morgan fingerprint density at radius 2 is 2.04 bits per heavy atom. The van der Waals surface area contributed by atoms with Gasteiger partial charge in [0.15, 0.2) is 9.84 Å². The van der Waals surface area contributed by atoms with E-state index in [1.807, 2.05) is 0 Å². The van der Waals surface area contributed by atoms with Crippen LogP contribution < -0.4 is 4.90 Å². The van der Waals surface area contributed by atoms with Gasteiger partial charge in [-0.05, 0) is 43.6 Å². The Balaban J connectivity index is 1.99. The molecule has 7 heteroatoms. The summed E-state index contributed by atoms with van der Waals surface area (Å²) in [5.41, 5.74) is 0.604. The molecule has 1 spiro atoms. The maximum absolute atomic E-state index is 12.2. The molecule has 1 heterocycles. The van der Waals surface area contributed by atoms with Crippen molar-refractivity contribution >= 4 is 21.2 Å². The highest BCUT2D eigenvalue weighted by Crippen LogP contribution is 2.43. The van der Waals surface area contributed by atoms with Crippen LogP contribution in [-0.2, 0) is 9.84 Å². The number of piperidine rings is 1. The molecule has 0 N–H and O–H groups in total. The number of hydrogen-bond donors (Lipinski definition) is 0. The number of benzene rings is 1. The number of allylic oxidation sites excluding steroid dienone is 2. The molecule has 1 aliphatic heterocycles. The lowest BCUT2D eigenvalue weighted by atomic mass is 9.71. The lowest BCUT2D eigenvalue weighted by molar-refractivity contribution is -0.385. The number of anilines is 1. The van der Waals surface area contributed by atoms with Gasteiger partial charge in [0, 0.05) is 31.5 Å². The van der Waals surface area contributed by atoms with Crippen molar-refractivity contribution in [3.8, 4) is 0 Å². The van der Waals surface area contributed by atoms with E-state index in [-0.39, 0.29) is 16.0 Å². The molecule has 1 unspecified atom stereocenters. The van der Waals surface area contributed by atoms with E-state index in [4.69, 9.17) is 0 Å². The van der Waals surface area contributed by atoms with Gasteiger partial charge in [-0.3, -0.25) is 10.1 Å². The molecule has 1 fully saturated rings. The number of nitro benzene ring substituents is 1. The number of nitrogens with zero attached hydrogens (tertiary/aromatic N) is 2. The van der Waals surface area contributed by atoms with Gasteiger partial charge in [-0.25, -0.2) is 8.42 Å². The Labute approximate surface area is 142 Å². The predicted molar refractivity (Wildman–Crippen MR) is 93.1 cm³/mol. The van der Waals surface area contributed by atoms with Gasteiger partial charge >= 0.3 is 0 Å². The first kappa shape index (κ1) is 17.0. The van der Waals surface area contributed by atoms with Crippen LogP contribution in [0.4, 0.5) is 11.4 Å². The molecule has 1 saturated heterocycles. The average molecular weight is 350 g/mol. The van der Waals surface area contributed by atoms with Crippen molar-refractivity contribution in [2.45, 2.75) is 37.0 Å². The summed E-state index contributed by atoms with van der Waals surface area (Å²) >= 11 is 0. The fraction of sp³-hybridized carbons (Fsp3) is 0.529. The number of rotatable bonds is 3. The van der Waals surface area contributed by atoms with Crippen LogP contribution in [0.5, 0.6) is 0 Å². The van der Waals surface area contributed by atoms with Crippen LogP contribution in [0.1, 0.15) is 32.1 Å². The van der Waals surface area contributed by atoms with Crippen LogP contribution in [0.15, 0.2) is 35.2 Å². The van der Waals surface area contributed by atoms with Crippen molar-refractivity contribution in [2.75, 3.05) is 24.2 Å². The fourth-order valence-electron chi connectivity index (χ4n) is 3.90. The lowest BCUT2D eigenvalue weighted by Gasteiger charge is -2.45. The van der Waals surface area contributed by atoms with Crippen LogP contribution in [0.25, 0.3) is 0 Å². The summed E-state index contributed by atoms with van der Waals surface area (Å²) in [4.78, 5) is 12.6. The summed E-state index contributed by atoms with van der Waals surface area (Å²) in [7, 11) is -3.54. The highest BCUT2D eigenvalue weighted by molar-refractivity contribution is 7.90. The molecule has 2 aliphatic rings. The maximum Gasteiger partial charge on any atom is 0.270 e. The maximum atomic E-state index is 12.2. The minimum atomic E-state index is -3.54. The average Bonchev–Trinajstić information content (AvgIpc) is 2.54. The van der Waals surface area contributed by atoms with Gasteiger partial charge in [0.1, 0.15) is 0 Å². The SMILES string of the molecule is CS(=O)(=O)c1cc([N+](=O)[O-])ccc1N1CCCC2(CC=CCC2)C1. The first-order valence-corrected chi connectivity index (χ1v) is 10.1. The second-order valence-corrected chi connectivity index (χ2v) is 8.90. The molecule has 0 radical (unpaired) electrons. The minimum Gasteiger partial charge on any atom is -0.370 e. The Morgan fingerprint density at radius 3 is 2.67 bits per heavy atom. The standard InChI is InChI=1S/C17H22N2O4S/c1-24(22,23)16-12-14(19(20)21)6-7-15(16)18-11-5-10-17(13-18)8-3-2-4-9-17/h2-3,6-7,12H,4-5,8-11,13H2,1H3. The molecule has 0 saturated carbocycles. The highest BCUT2D eigenvalue weighted by atomic mass is 32.2. The molecule has 1 aliphatic carbocycles. The first-order valence-electron chi connectivity index (χ1n) is 8.19. The topological polar surface area (TPSA) is 80.5 Å². The van der Waals surface area contributed by atoms with Gasteiger partial charge < -0.3 is 4.90 Å². The van der Waals surface area contributed by atoms with Crippen molar-refractivity contribution in [1.82, 2.24) is 0 Å². The first-order chi connectivity index (χ1) is 11.3. The molecule has 24 heavy (non-hydrogen) atoms. The summed E-state index contributed by atoms with van der Waals surface area (Å²) < 4.78 is 24.4. The molecule has 130 valence electrons. The van der Waals surface area contributed by atoms with Crippen molar-refractivity contribution < 1.29 is 13.3 Å². The summed E-state index contributed by atoms with van der Waals surface area (Å²) in [5.74, 6) is 0. The molecule has 1 atom stereocenters. The van der Waals surface area contributed by atoms with Gasteiger partial charge in [-0.2, -0.15) is 0 Å². The molecular formula is C17H22N2O4S. The van der Waals surface area contributed by atoms with Crippen LogP contribution in [0, 0.1) is 15.5 Å². The molecular weight excluding hydrogens is 328 g/mol. The molecule has 6 nitrogen and oxygen atoms in total. The Bertz CT molecular complexity index is 788. The third kappa shape index (κ3) is 3.31. The third-order valence-electron chi connectivity index (χ3n) is 5.11. The largest absolute Gasteiger partial charge is 0.370 e. The van der Waals surface area contributed by atoms with Gasteiger partial charge in [-0.1, -0.05) is 12.2 Å². The molecule has 0 aromatic heterocycles. The van der Waals surface area contributed by atoms with E-state index in [0.29, 0.717) is 5.69 Å². The lowest BCUT2D eigenvalue weighted by Crippen LogP contribution is -2.44. The minimum absolute atomic E-state index is 0.0556. The van der Waals surface area contributed by atoms with E-state index in [9.17, 15) is 18.5 Å². The van der Waals surface area contributed by atoms with Crippen molar-refractivity contribution in [3.05, 3.63) is 40.5 Å². The van der Waals surface area contributed by atoms with E-state index in [1.165, 1.54) is 12.1 Å². The molecule has 3 rings (SSSR count). The van der Waals surface area contributed by atoms with Gasteiger partial charge in [-0.15, -0.1) is 0 Å². The van der Waals surface area contributed by atoms with E-state index >= 15 is 0 Å². The Hall–Kier alpha value is -1.89. The summed E-state index contributed by atoms with van der Waals surface area (Å²) in [6.45, 7) is 1.59. The third-order valence-corrected chi connectivity index (χ3v) is 6.24. The predicted octanol–water partition coefficient (Wildman–Crippen LogP) is 3.33. The summed E-state index contributed by atoms with van der Waals surface area (Å²) in [5, 5.41) is 11.0. The highest BCUT2D eigenvalue weighted by Gasteiger charge is 2.36. The number of sulfone groups is 1. The molecule has 0 bridgehead atoms. The van der Waals surface area contributed by atoms with Crippen LogP contribution in [-0.4, -0.2) is 32.7 Å². The summed E-state index contributed by atoms with van der Waals surface area (Å²) in [6, 6.07) is 4.17. The van der Waals surface area contributed by atoms with E-state index in [2.05, 4.69) is 17.1 Å². The number of nitro groups is 1. The van der Waals surface area contributed by atoms with E-state index < -0.39 is 14.8 Å². The zero-order valence-corrected chi connectivity index (χ0v) is 14.6. The zero-order chi connectivity index (χ0) is 17.4. The van der Waals surface area contributed by atoms with Crippen LogP contribution >= 0.6 is 0 Å². The van der Waals surface area contributed by atoms with Crippen LogP contribution in [0.2, 0.25) is 0 Å². The second-order valence-electron chi connectivity index (χ2n) is 6.92. The molecule has 1 aromatic rings. The number of hydrogen-bond acceptors (Lipinski definition) is 5. The monoisotopic (exact) mass is 350 g/mol. The van der Waals surface area contributed by atoms with E-state index in [1.54, 1.807) is 6.07 Å². The fourth-order valence-corrected chi connectivity index (χ4v) is 4.81. The van der Waals surface area contributed by atoms with Crippen molar-refractivity contribution in [1.29, 1.82) is 0 Å². The van der Waals surface area contributed by atoms with Crippen LogP contribution in [0.3, 0.4) is 0 Å². The normalized spacial score (nSPS) is 24.3. The van der Waals surface area contributed by atoms with E-state index in [0.717, 1.165) is 51.4 Å². The molecule has 1 aromatic carbocycles. The van der Waals surface area contributed by atoms with Gasteiger partial charge in [0.2, 0.25) is 0 Å². The Morgan fingerprint density at radius 1 is 1.25 bits per heavy atom. The van der Waals surface area contributed by atoms with Crippen molar-refractivity contribution in [3.63, 3.8) is 0 Å².